The molecule has 0 atom stereocenters. The SMILES string of the molecule is N#Cc1ccc2[nH]cc(C(CN=[N+]=[N-])=NO)c2c1. The number of aromatic nitrogens is 1. The summed E-state index contributed by atoms with van der Waals surface area (Å²) in [6.07, 6.45) is 1.65. The number of H-pyrrole nitrogens is 1. The minimum absolute atomic E-state index is 0.0588. The molecule has 0 aliphatic carbocycles. The van der Waals surface area contributed by atoms with E-state index in [4.69, 9.17) is 16.0 Å². The Kier molecular flexibility index (Phi) is 3.14. The largest absolute Gasteiger partial charge is 0.411 e. The van der Waals surface area contributed by atoms with Crippen molar-refractivity contribution in [2.24, 2.45) is 10.3 Å². The number of oxime groups is 1. The molecule has 0 aliphatic heterocycles. The quantitative estimate of drug-likeness (QED) is 0.214. The highest BCUT2D eigenvalue weighted by atomic mass is 16.4. The van der Waals surface area contributed by atoms with Crippen LogP contribution in [0.2, 0.25) is 0 Å². The zero-order chi connectivity index (χ0) is 13.0. The zero-order valence-electron chi connectivity index (χ0n) is 9.20. The summed E-state index contributed by atoms with van der Waals surface area (Å²) in [6, 6.07) is 7.17. The molecule has 2 rings (SSSR count). The molecule has 2 aromatic rings. The number of hydrogen-bond donors (Lipinski definition) is 2. The van der Waals surface area contributed by atoms with Gasteiger partial charge in [-0.1, -0.05) is 10.3 Å². The monoisotopic (exact) mass is 240 g/mol. The molecule has 0 radical (unpaired) electrons. The van der Waals surface area contributed by atoms with Crippen molar-refractivity contribution in [3.8, 4) is 6.07 Å². The molecular weight excluding hydrogens is 232 g/mol. The minimum atomic E-state index is -0.0588. The van der Waals surface area contributed by atoms with Crippen molar-refractivity contribution in [3.05, 3.63) is 46.0 Å². The third-order valence-electron chi connectivity index (χ3n) is 2.53. The Balaban J connectivity index is 2.57. The number of nitriles is 1. The van der Waals surface area contributed by atoms with Crippen LogP contribution in [0.25, 0.3) is 21.3 Å². The number of benzene rings is 1. The van der Waals surface area contributed by atoms with Gasteiger partial charge in [-0.3, -0.25) is 0 Å². The molecule has 1 aromatic carbocycles. The van der Waals surface area contributed by atoms with Gasteiger partial charge in [-0.25, -0.2) is 0 Å². The molecule has 0 amide bonds. The van der Waals surface area contributed by atoms with E-state index in [1.807, 2.05) is 6.07 Å². The van der Waals surface area contributed by atoms with Gasteiger partial charge < -0.3 is 10.2 Å². The lowest BCUT2D eigenvalue weighted by Crippen LogP contribution is -2.03. The van der Waals surface area contributed by atoms with Gasteiger partial charge in [0.25, 0.3) is 0 Å². The smallest absolute Gasteiger partial charge is 0.0991 e. The van der Waals surface area contributed by atoms with Gasteiger partial charge in [0.05, 0.1) is 23.9 Å². The molecule has 0 saturated heterocycles. The van der Waals surface area contributed by atoms with Crippen LogP contribution in [0, 0.1) is 11.3 Å². The maximum absolute atomic E-state index is 8.94. The van der Waals surface area contributed by atoms with E-state index in [9.17, 15) is 0 Å². The fraction of sp³-hybridized carbons (Fsp3) is 0.0909. The van der Waals surface area contributed by atoms with Crippen molar-refractivity contribution in [3.63, 3.8) is 0 Å². The third kappa shape index (κ3) is 1.96. The van der Waals surface area contributed by atoms with E-state index in [1.165, 1.54) is 0 Å². The number of azide groups is 1. The van der Waals surface area contributed by atoms with Crippen LogP contribution in [-0.2, 0) is 0 Å². The highest BCUT2D eigenvalue weighted by Gasteiger charge is 2.10. The Labute approximate surface area is 102 Å². The molecule has 0 unspecified atom stereocenters. The summed E-state index contributed by atoms with van der Waals surface area (Å²) >= 11 is 0. The van der Waals surface area contributed by atoms with Crippen LogP contribution in [0.15, 0.2) is 34.7 Å². The molecule has 88 valence electrons. The Hall–Kier alpha value is -2.97. The summed E-state index contributed by atoms with van der Waals surface area (Å²) in [4.78, 5) is 5.61. The Bertz CT molecular complexity index is 702. The molecule has 7 heteroatoms. The predicted molar refractivity (Wildman–Crippen MR) is 65.4 cm³/mol. The van der Waals surface area contributed by atoms with E-state index >= 15 is 0 Å². The topological polar surface area (TPSA) is 121 Å². The number of fused-ring (bicyclic) bond motifs is 1. The summed E-state index contributed by atoms with van der Waals surface area (Å²) in [5.41, 5.74) is 10.4. The van der Waals surface area contributed by atoms with Crippen LogP contribution >= 0.6 is 0 Å². The second-order valence-electron chi connectivity index (χ2n) is 3.51. The van der Waals surface area contributed by atoms with E-state index in [0.717, 1.165) is 10.9 Å². The first kappa shape index (κ1) is 11.5. The zero-order valence-corrected chi connectivity index (χ0v) is 9.20. The van der Waals surface area contributed by atoms with E-state index in [0.29, 0.717) is 11.1 Å². The summed E-state index contributed by atoms with van der Waals surface area (Å²) in [5.74, 6) is 0. The average molecular weight is 240 g/mol. The van der Waals surface area contributed by atoms with E-state index in [2.05, 4.69) is 20.2 Å². The summed E-state index contributed by atoms with van der Waals surface area (Å²) < 4.78 is 0. The van der Waals surface area contributed by atoms with Gasteiger partial charge in [0.15, 0.2) is 0 Å². The van der Waals surface area contributed by atoms with Gasteiger partial charge in [0.1, 0.15) is 0 Å². The molecule has 0 fully saturated rings. The highest BCUT2D eigenvalue weighted by molar-refractivity contribution is 6.11. The van der Waals surface area contributed by atoms with Gasteiger partial charge in [0, 0.05) is 27.6 Å². The maximum atomic E-state index is 8.94. The van der Waals surface area contributed by atoms with Crippen molar-refractivity contribution in [1.82, 2.24) is 4.98 Å². The van der Waals surface area contributed by atoms with Crippen molar-refractivity contribution < 1.29 is 5.21 Å². The molecule has 18 heavy (non-hydrogen) atoms. The number of hydrogen-bond acceptors (Lipinski definition) is 4. The first-order valence-corrected chi connectivity index (χ1v) is 5.03. The Morgan fingerprint density at radius 1 is 1.56 bits per heavy atom. The molecule has 2 N–H and O–H groups in total. The number of nitrogens with zero attached hydrogens (tertiary/aromatic N) is 5. The second kappa shape index (κ2) is 4.91. The number of nitrogens with one attached hydrogen (secondary N) is 1. The van der Waals surface area contributed by atoms with Crippen LogP contribution < -0.4 is 0 Å². The van der Waals surface area contributed by atoms with Crippen LogP contribution in [0.3, 0.4) is 0 Å². The number of aromatic amines is 1. The molecule has 0 spiro atoms. The van der Waals surface area contributed by atoms with Gasteiger partial charge in [-0.2, -0.15) is 5.26 Å². The van der Waals surface area contributed by atoms with E-state index in [1.54, 1.807) is 24.4 Å². The van der Waals surface area contributed by atoms with Crippen molar-refractivity contribution >= 4 is 16.6 Å². The molecule has 7 nitrogen and oxygen atoms in total. The van der Waals surface area contributed by atoms with E-state index in [-0.39, 0.29) is 12.3 Å². The second-order valence-corrected chi connectivity index (χ2v) is 3.51. The Morgan fingerprint density at radius 2 is 2.39 bits per heavy atom. The first-order valence-electron chi connectivity index (χ1n) is 5.03. The highest BCUT2D eigenvalue weighted by Crippen LogP contribution is 2.20. The van der Waals surface area contributed by atoms with Crippen LogP contribution in [-0.4, -0.2) is 22.4 Å². The molecule has 1 aromatic heterocycles. The molecule has 0 bridgehead atoms. The predicted octanol–water partition coefficient (Wildman–Crippen LogP) is 2.53. The van der Waals surface area contributed by atoms with Gasteiger partial charge in [0.2, 0.25) is 0 Å². The fourth-order valence-electron chi connectivity index (χ4n) is 1.70. The molecule has 0 saturated carbocycles. The number of rotatable bonds is 3. The van der Waals surface area contributed by atoms with Gasteiger partial charge >= 0.3 is 0 Å². The van der Waals surface area contributed by atoms with E-state index < -0.39 is 0 Å². The molecule has 0 aliphatic rings. The van der Waals surface area contributed by atoms with Gasteiger partial charge in [-0.15, -0.1) is 0 Å². The standard InChI is InChI=1S/C11H8N6O/c12-4-7-1-2-10-8(3-7)9(5-14-10)11(16-18)6-15-17-13/h1-3,5,14,18H,6H2. The minimum Gasteiger partial charge on any atom is -0.411 e. The third-order valence-corrected chi connectivity index (χ3v) is 2.53. The first-order chi connectivity index (χ1) is 8.80. The van der Waals surface area contributed by atoms with Crippen molar-refractivity contribution in [2.45, 2.75) is 0 Å². The van der Waals surface area contributed by atoms with Crippen LogP contribution in [0.4, 0.5) is 0 Å². The van der Waals surface area contributed by atoms with Crippen LogP contribution in [0.5, 0.6) is 0 Å². The fourth-order valence-corrected chi connectivity index (χ4v) is 1.70. The summed E-state index contributed by atoms with van der Waals surface area (Å²) in [5, 5.41) is 25.0. The molecular formula is C11H8N6O. The normalized spacial score (nSPS) is 10.9. The van der Waals surface area contributed by atoms with Crippen LogP contribution in [0.1, 0.15) is 11.1 Å². The lowest BCUT2D eigenvalue weighted by atomic mass is 10.1. The Morgan fingerprint density at radius 3 is 3.06 bits per heavy atom. The van der Waals surface area contributed by atoms with Crippen molar-refractivity contribution in [1.29, 1.82) is 5.26 Å². The lowest BCUT2D eigenvalue weighted by molar-refractivity contribution is 0.318. The van der Waals surface area contributed by atoms with Gasteiger partial charge in [-0.05, 0) is 23.7 Å². The van der Waals surface area contributed by atoms with Crippen molar-refractivity contribution in [2.75, 3.05) is 6.54 Å². The summed E-state index contributed by atoms with van der Waals surface area (Å²) in [6.45, 7) is -0.0588. The summed E-state index contributed by atoms with van der Waals surface area (Å²) in [7, 11) is 0. The maximum Gasteiger partial charge on any atom is 0.0991 e. The average Bonchev–Trinajstić information content (AvgIpc) is 2.83. The molecule has 1 heterocycles. The lowest BCUT2D eigenvalue weighted by Gasteiger charge is -1.99.